The molecule has 0 spiro atoms. The minimum atomic E-state index is 0.326. The number of hydrogen-bond acceptors (Lipinski definition) is 4. The van der Waals surface area contributed by atoms with Gasteiger partial charge in [0.15, 0.2) is 11.5 Å². The van der Waals surface area contributed by atoms with Gasteiger partial charge in [0.05, 0.1) is 6.67 Å². The van der Waals surface area contributed by atoms with E-state index in [0.717, 1.165) is 50.5 Å². The van der Waals surface area contributed by atoms with E-state index >= 15 is 0 Å². The molecule has 2 saturated heterocycles. The van der Waals surface area contributed by atoms with Crippen molar-refractivity contribution in [3.8, 4) is 0 Å². The Morgan fingerprint density at radius 3 is 2.78 bits per heavy atom. The van der Waals surface area contributed by atoms with Crippen molar-refractivity contribution < 1.29 is 14.3 Å². The fourth-order valence-corrected chi connectivity index (χ4v) is 4.24. The van der Waals surface area contributed by atoms with Crippen LogP contribution in [0.1, 0.15) is 52.9 Å². The molecule has 0 aromatic rings. The van der Waals surface area contributed by atoms with Gasteiger partial charge in [-0.3, -0.25) is 9.69 Å². The molecule has 2 heterocycles. The first-order valence-corrected chi connectivity index (χ1v) is 10.4. The Morgan fingerprint density at radius 1 is 1.33 bits per heavy atom. The molecule has 3 fully saturated rings. The molecule has 0 aromatic heterocycles. The lowest BCUT2D eigenvalue weighted by Crippen LogP contribution is -2.39. The largest absolute Gasteiger partial charge is 0.454 e. The summed E-state index contributed by atoms with van der Waals surface area (Å²) in [5.74, 6) is 2.93. The maximum atomic E-state index is 11.3. The standard InChI is InChI=1S/C22H34N2O3/c1-4-11-23(15-25)14-24-13-18(12-17(24)3)9-10-20(19-7-6-8-19)22-21(5-2)26-16-27-22/h5,9-10,15,17-19H,4,6-8,11-14,16H2,1-3H3/b10-9+,21-5+,22-20-. The van der Waals surface area contributed by atoms with Crippen LogP contribution in [-0.2, 0) is 14.3 Å². The van der Waals surface area contributed by atoms with E-state index < -0.39 is 0 Å². The molecule has 3 rings (SSSR count). The monoisotopic (exact) mass is 374 g/mol. The summed E-state index contributed by atoms with van der Waals surface area (Å²) in [6, 6.07) is 0.496. The van der Waals surface area contributed by atoms with Gasteiger partial charge in [0.1, 0.15) is 0 Å². The third-order valence-electron chi connectivity index (χ3n) is 6.02. The molecule has 1 aliphatic carbocycles. The van der Waals surface area contributed by atoms with Crippen LogP contribution in [-0.4, -0.2) is 48.8 Å². The maximum Gasteiger partial charge on any atom is 0.231 e. The third kappa shape index (κ3) is 4.75. The van der Waals surface area contributed by atoms with Gasteiger partial charge in [-0.15, -0.1) is 0 Å². The Morgan fingerprint density at radius 2 is 2.15 bits per heavy atom. The zero-order chi connectivity index (χ0) is 19.2. The van der Waals surface area contributed by atoms with Crippen LogP contribution in [0.25, 0.3) is 0 Å². The summed E-state index contributed by atoms with van der Waals surface area (Å²) in [6.45, 7) is 9.27. The summed E-state index contributed by atoms with van der Waals surface area (Å²) in [4.78, 5) is 15.6. The van der Waals surface area contributed by atoms with Crippen molar-refractivity contribution in [1.82, 2.24) is 9.80 Å². The molecule has 3 aliphatic rings. The molecule has 2 aliphatic heterocycles. The van der Waals surface area contributed by atoms with Crippen molar-refractivity contribution in [1.29, 1.82) is 0 Å². The topological polar surface area (TPSA) is 42.0 Å². The fraction of sp³-hybridized carbons (Fsp3) is 0.682. The fourth-order valence-electron chi connectivity index (χ4n) is 4.24. The predicted molar refractivity (Wildman–Crippen MR) is 107 cm³/mol. The highest BCUT2D eigenvalue weighted by atomic mass is 16.7. The van der Waals surface area contributed by atoms with Crippen molar-refractivity contribution in [3.05, 3.63) is 35.3 Å². The summed E-state index contributed by atoms with van der Waals surface area (Å²) in [7, 11) is 0. The average molecular weight is 375 g/mol. The molecule has 5 nitrogen and oxygen atoms in total. The Kier molecular flexibility index (Phi) is 7.00. The summed E-state index contributed by atoms with van der Waals surface area (Å²) in [6.07, 6.45) is 13.5. The minimum absolute atomic E-state index is 0.326. The zero-order valence-electron chi connectivity index (χ0n) is 17.0. The van der Waals surface area contributed by atoms with Crippen molar-refractivity contribution in [2.45, 2.75) is 58.9 Å². The highest BCUT2D eigenvalue weighted by Gasteiger charge is 2.31. The van der Waals surface area contributed by atoms with Gasteiger partial charge >= 0.3 is 0 Å². The Hall–Kier alpha value is -1.75. The molecule has 0 aromatic carbocycles. The summed E-state index contributed by atoms with van der Waals surface area (Å²) >= 11 is 0. The number of carbonyl (C=O) groups excluding carboxylic acids is 1. The molecular weight excluding hydrogens is 340 g/mol. The van der Waals surface area contributed by atoms with Gasteiger partial charge in [-0.1, -0.05) is 25.5 Å². The number of likely N-dealkylation sites (tertiary alicyclic amines) is 1. The van der Waals surface area contributed by atoms with E-state index in [0.29, 0.717) is 24.7 Å². The van der Waals surface area contributed by atoms with Gasteiger partial charge in [0.2, 0.25) is 13.2 Å². The van der Waals surface area contributed by atoms with Crippen molar-refractivity contribution >= 4 is 6.41 Å². The second kappa shape index (κ2) is 9.45. The predicted octanol–water partition coefficient (Wildman–Crippen LogP) is 4.04. The van der Waals surface area contributed by atoms with Crippen LogP contribution in [0.5, 0.6) is 0 Å². The normalized spacial score (nSPS) is 29.7. The maximum absolute atomic E-state index is 11.3. The van der Waals surface area contributed by atoms with Crippen molar-refractivity contribution in [3.63, 3.8) is 0 Å². The Bertz CT molecular complexity index is 607. The Balaban J connectivity index is 1.67. The second-order valence-electron chi connectivity index (χ2n) is 8.01. The van der Waals surface area contributed by atoms with E-state index in [1.807, 2.05) is 17.9 Å². The quantitative estimate of drug-likeness (QED) is 0.601. The molecule has 5 heteroatoms. The number of ether oxygens (including phenoxy) is 2. The van der Waals surface area contributed by atoms with E-state index in [4.69, 9.17) is 9.47 Å². The molecule has 1 amide bonds. The highest BCUT2D eigenvalue weighted by Crippen LogP contribution is 2.39. The van der Waals surface area contributed by atoms with Gasteiger partial charge in [-0.05, 0) is 57.4 Å². The number of carbonyl (C=O) groups is 1. The van der Waals surface area contributed by atoms with Crippen LogP contribution in [0.3, 0.4) is 0 Å². The summed E-state index contributed by atoms with van der Waals surface area (Å²) in [5.41, 5.74) is 1.30. The molecule has 150 valence electrons. The molecule has 0 radical (unpaired) electrons. The molecule has 1 saturated carbocycles. The molecular formula is C22H34N2O3. The number of nitrogens with zero attached hydrogens (tertiary/aromatic N) is 2. The molecule has 2 atom stereocenters. The summed E-state index contributed by atoms with van der Waals surface area (Å²) in [5, 5.41) is 0. The first-order valence-electron chi connectivity index (χ1n) is 10.4. The van der Waals surface area contributed by atoms with Gasteiger partial charge in [-0.2, -0.15) is 0 Å². The first-order chi connectivity index (χ1) is 13.2. The van der Waals surface area contributed by atoms with Crippen LogP contribution in [0.4, 0.5) is 0 Å². The van der Waals surface area contributed by atoms with Gasteiger partial charge in [-0.25, -0.2) is 0 Å². The molecule has 2 unspecified atom stereocenters. The first kappa shape index (κ1) is 20.0. The van der Waals surface area contributed by atoms with Crippen LogP contribution in [0, 0.1) is 11.8 Å². The third-order valence-corrected chi connectivity index (χ3v) is 6.02. The minimum Gasteiger partial charge on any atom is -0.454 e. The lowest BCUT2D eigenvalue weighted by Gasteiger charge is -2.28. The van der Waals surface area contributed by atoms with Gasteiger partial charge < -0.3 is 14.4 Å². The van der Waals surface area contributed by atoms with Crippen molar-refractivity contribution in [2.24, 2.45) is 11.8 Å². The van der Waals surface area contributed by atoms with E-state index in [1.165, 1.54) is 24.8 Å². The van der Waals surface area contributed by atoms with E-state index in [-0.39, 0.29) is 0 Å². The average Bonchev–Trinajstić information content (AvgIpc) is 3.23. The van der Waals surface area contributed by atoms with Crippen LogP contribution in [0.15, 0.2) is 35.3 Å². The number of hydrogen-bond donors (Lipinski definition) is 0. The molecule has 0 N–H and O–H groups in total. The highest BCUT2D eigenvalue weighted by molar-refractivity contribution is 5.46. The molecule has 0 bridgehead atoms. The number of amides is 1. The van der Waals surface area contributed by atoms with Crippen LogP contribution >= 0.6 is 0 Å². The van der Waals surface area contributed by atoms with E-state index in [2.05, 4.69) is 30.9 Å². The van der Waals surface area contributed by atoms with Crippen LogP contribution in [0.2, 0.25) is 0 Å². The molecule has 27 heavy (non-hydrogen) atoms. The van der Waals surface area contributed by atoms with E-state index in [1.54, 1.807) is 0 Å². The smallest absolute Gasteiger partial charge is 0.231 e. The van der Waals surface area contributed by atoms with E-state index in [9.17, 15) is 4.79 Å². The zero-order valence-corrected chi connectivity index (χ0v) is 17.0. The lowest BCUT2D eigenvalue weighted by atomic mass is 9.78. The number of rotatable bonds is 8. The van der Waals surface area contributed by atoms with Crippen molar-refractivity contribution in [2.75, 3.05) is 26.6 Å². The van der Waals surface area contributed by atoms with Gasteiger partial charge in [0.25, 0.3) is 0 Å². The lowest BCUT2D eigenvalue weighted by molar-refractivity contribution is -0.120. The second-order valence-corrected chi connectivity index (χ2v) is 8.01. The SMILES string of the molecule is C/C=C1/OCO/C1=C(/C=C/C1CC(C)N(CN(C=O)CCC)C1)C1CCC1. The number of allylic oxidation sites excluding steroid dienone is 3. The van der Waals surface area contributed by atoms with Gasteiger partial charge in [0, 0.05) is 24.7 Å². The summed E-state index contributed by atoms with van der Waals surface area (Å²) < 4.78 is 11.4. The van der Waals surface area contributed by atoms with Crippen LogP contribution < -0.4 is 0 Å². The Labute approximate surface area is 163 Å².